The zero-order valence-electron chi connectivity index (χ0n) is 16.5. The SMILES string of the molecule is COc1cccc(CNCCCN2CCOCC2)c1OCc1ccc(F)cc1. The van der Waals surface area contributed by atoms with Crippen LogP contribution >= 0.6 is 0 Å². The van der Waals surface area contributed by atoms with Gasteiger partial charge in [-0.2, -0.15) is 0 Å². The average Bonchev–Trinajstić information content (AvgIpc) is 2.74. The molecular formula is C22H29FN2O3. The average molecular weight is 388 g/mol. The van der Waals surface area contributed by atoms with Gasteiger partial charge in [-0.1, -0.05) is 24.3 Å². The normalized spacial score (nSPS) is 14.8. The Hall–Kier alpha value is -2.15. The lowest BCUT2D eigenvalue weighted by Crippen LogP contribution is -2.37. The molecule has 152 valence electrons. The molecule has 3 rings (SSSR count). The largest absolute Gasteiger partial charge is 0.493 e. The van der Waals surface area contributed by atoms with Gasteiger partial charge in [0.15, 0.2) is 11.5 Å². The van der Waals surface area contributed by atoms with Crippen molar-refractivity contribution in [1.29, 1.82) is 0 Å². The van der Waals surface area contributed by atoms with Gasteiger partial charge in [0.1, 0.15) is 12.4 Å². The molecule has 2 aromatic carbocycles. The standard InChI is InChI=1S/C22H29FN2O3/c1-26-21-5-2-4-19(16-24-10-3-11-25-12-14-27-15-13-25)22(21)28-17-18-6-8-20(23)9-7-18/h2,4-9,24H,3,10-17H2,1H3. The Labute approximate surface area is 166 Å². The minimum atomic E-state index is -0.247. The molecule has 0 amide bonds. The van der Waals surface area contributed by atoms with Crippen LogP contribution in [0.25, 0.3) is 0 Å². The van der Waals surface area contributed by atoms with Gasteiger partial charge >= 0.3 is 0 Å². The molecule has 1 aliphatic heterocycles. The Morgan fingerprint density at radius 1 is 1.11 bits per heavy atom. The van der Waals surface area contributed by atoms with Crippen LogP contribution in [-0.2, 0) is 17.9 Å². The highest BCUT2D eigenvalue weighted by Crippen LogP contribution is 2.31. The lowest BCUT2D eigenvalue weighted by molar-refractivity contribution is 0.0374. The molecule has 0 unspecified atom stereocenters. The Morgan fingerprint density at radius 3 is 2.64 bits per heavy atom. The zero-order valence-corrected chi connectivity index (χ0v) is 16.5. The van der Waals surface area contributed by atoms with Crippen LogP contribution < -0.4 is 14.8 Å². The predicted molar refractivity (Wildman–Crippen MR) is 107 cm³/mol. The molecule has 5 nitrogen and oxygen atoms in total. The van der Waals surface area contributed by atoms with E-state index in [9.17, 15) is 4.39 Å². The second-order valence-electron chi connectivity index (χ2n) is 6.85. The van der Waals surface area contributed by atoms with Crippen LogP contribution in [-0.4, -0.2) is 51.4 Å². The van der Waals surface area contributed by atoms with Gasteiger partial charge in [-0.3, -0.25) is 4.90 Å². The van der Waals surface area contributed by atoms with Gasteiger partial charge < -0.3 is 19.5 Å². The molecule has 0 bridgehead atoms. The van der Waals surface area contributed by atoms with Crippen molar-refractivity contribution in [3.8, 4) is 11.5 Å². The fourth-order valence-electron chi connectivity index (χ4n) is 3.24. The molecule has 28 heavy (non-hydrogen) atoms. The maximum Gasteiger partial charge on any atom is 0.166 e. The van der Waals surface area contributed by atoms with E-state index in [1.54, 1.807) is 19.2 Å². The first kappa shape index (κ1) is 20.6. The summed E-state index contributed by atoms with van der Waals surface area (Å²) in [4.78, 5) is 2.44. The summed E-state index contributed by atoms with van der Waals surface area (Å²) in [6, 6.07) is 12.2. The van der Waals surface area contributed by atoms with E-state index in [0.717, 1.165) is 62.7 Å². The predicted octanol–water partition coefficient (Wildman–Crippen LogP) is 3.23. The lowest BCUT2D eigenvalue weighted by Gasteiger charge is -2.26. The van der Waals surface area contributed by atoms with E-state index < -0.39 is 0 Å². The topological polar surface area (TPSA) is 43.0 Å². The van der Waals surface area contributed by atoms with Crippen LogP contribution in [0.4, 0.5) is 4.39 Å². The van der Waals surface area contributed by atoms with Crippen LogP contribution in [0.1, 0.15) is 17.5 Å². The molecule has 0 aliphatic carbocycles. The summed E-state index contributed by atoms with van der Waals surface area (Å²) in [6.45, 7) is 6.82. The third-order valence-corrected chi connectivity index (χ3v) is 4.82. The Balaban J connectivity index is 1.50. The van der Waals surface area contributed by atoms with E-state index in [1.807, 2.05) is 18.2 Å². The molecule has 0 aromatic heterocycles. The van der Waals surface area contributed by atoms with E-state index in [4.69, 9.17) is 14.2 Å². The summed E-state index contributed by atoms with van der Waals surface area (Å²) in [5.41, 5.74) is 1.96. The molecule has 1 heterocycles. The van der Waals surface area contributed by atoms with E-state index in [1.165, 1.54) is 12.1 Å². The molecule has 1 fully saturated rings. The summed E-state index contributed by atoms with van der Waals surface area (Å²) in [5.74, 6) is 1.19. The van der Waals surface area contributed by atoms with Crippen molar-refractivity contribution in [3.63, 3.8) is 0 Å². The van der Waals surface area contributed by atoms with Crippen molar-refractivity contribution in [2.24, 2.45) is 0 Å². The quantitative estimate of drug-likeness (QED) is 0.633. The van der Waals surface area contributed by atoms with Gasteiger partial charge in [0.25, 0.3) is 0 Å². The number of nitrogens with zero attached hydrogens (tertiary/aromatic N) is 1. The highest BCUT2D eigenvalue weighted by atomic mass is 19.1. The third-order valence-electron chi connectivity index (χ3n) is 4.82. The van der Waals surface area contributed by atoms with Gasteiger partial charge in [-0.15, -0.1) is 0 Å². The summed E-state index contributed by atoms with van der Waals surface area (Å²) in [7, 11) is 1.64. The maximum atomic E-state index is 13.1. The number of morpholine rings is 1. The van der Waals surface area contributed by atoms with Crippen molar-refractivity contribution in [1.82, 2.24) is 10.2 Å². The van der Waals surface area contributed by atoms with Gasteiger partial charge in [-0.25, -0.2) is 4.39 Å². The molecule has 0 radical (unpaired) electrons. The fourth-order valence-corrected chi connectivity index (χ4v) is 3.24. The first-order valence-corrected chi connectivity index (χ1v) is 9.80. The second-order valence-corrected chi connectivity index (χ2v) is 6.85. The third kappa shape index (κ3) is 6.19. The van der Waals surface area contributed by atoms with Crippen LogP contribution in [0.5, 0.6) is 11.5 Å². The summed E-state index contributed by atoms with van der Waals surface area (Å²) in [6.07, 6.45) is 1.09. The number of methoxy groups -OCH3 is 1. The Morgan fingerprint density at radius 2 is 1.89 bits per heavy atom. The summed E-state index contributed by atoms with van der Waals surface area (Å²) in [5, 5.41) is 3.50. The van der Waals surface area contributed by atoms with Crippen LogP contribution in [0.15, 0.2) is 42.5 Å². The van der Waals surface area contributed by atoms with Crippen molar-refractivity contribution in [3.05, 3.63) is 59.4 Å². The van der Waals surface area contributed by atoms with Crippen LogP contribution in [0.3, 0.4) is 0 Å². The number of halogens is 1. The van der Waals surface area contributed by atoms with E-state index in [2.05, 4.69) is 10.2 Å². The number of benzene rings is 2. The molecule has 2 aromatic rings. The zero-order chi connectivity index (χ0) is 19.6. The molecule has 1 aliphatic rings. The van der Waals surface area contributed by atoms with Crippen molar-refractivity contribution in [2.75, 3.05) is 46.5 Å². The highest BCUT2D eigenvalue weighted by molar-refractivity contribution is 5.46. The highest BCUT2D eigenvalue weighted by Gasteiger charge is 2.12. The minimum Gasteiger partial charge on any atom is -0.493 e. The van der Waals surface area contributed by atoms with E-state index >= 15 is 0 Å². The number of hydrogen-bond acceptors (Lipinski definition) is 5. The molecule has 1 N–H and O–H groups in total. The molecule has 1 saturated heterocycles. The molecule has 0 spiro atoms. The lowest BCUT2D eigenvalue weighted by atomic mass is 10.1. The second kappa shape index (κ2) is 11.0. The fraction of sp³-hybridized carbons (Fsp3) is 0.455. The van der Waals surface area contributed by atoms with Crippen LogP contribution in [0.2, 0.25) is 0 Å². The molecular weight excluding hydrogens is 359 g/mol. The van der Waals surface area contributed by atoms with Crippen LogP contribution in [0, 0.1) is 5.82 Å². The molecule has 0 saturated carbocycles. The summed E-state index contributed by atoms with van der Waals surface area (Å²) >= 11 is 0. The first-order chi connectivity index (χ1) is 13.8. The van der Waals surface area contributed by atoms with E-state index in [0.29, 0.717) is 18.9 Å². The summed E-state index contributed by atoms with van der Waals surface area (Å²) < 4.78 is 30.0. The van der Waals surface area contributed by atoms with Gasteiger partial charge in [-0.05, 0) is 43.3 Å². The molecule has 0 atom stereocenters. The smallest absolute Gasteiger partial charge is 0.166 e. The Kier molecular flexibility index (Phi) is 8.08. The molecule has 6 heteroatoms. The van der Waals surface area contributed by atoms with Crippen molar-refractivity contribution < 1.29 is 18.6 Å². The van der Waals surface area contributed by atoms with Crippen molar-refractivity contribution in [2.45, 2.75) is 19.6 Å². The number of hydrogen-bond donors (Lipinski definition) is 1. The Bertz CT molecular complexity index is 718. The van der Waals surface area contributed by atoms with Gasteiger partial charge in [0, 0.05) is 25.2 Å². The maximum absolute atomic E-state index is 13.1. The van der Waals surface area contributed by atoms with Gasteiger partial charge in [0.2, 0.25) is 0 Å². The monoisotopic (exact) mass is 388 g/mol. The number of para-hydroxylation sites is 1. The van der Waals surface area contributed by atoms with Gasteiger partial charge in [0.05, 0.1) is 20.3 Å². The number of ether oxygens (including phenoxy) is 3. The number of nitrogens with one attached hydrogen (secondary N) is 1. The van der Waals surface area contributed by atoms with E-state index in [-0.39, 0.29) is 5.82 Å². The first-order valence-electron chi connectivity index (χ1n) is 9.80. The number of rotatable bonds is 10. The minimum absolute atomic E-state index is 0.247. The van der Waals surface area contributed by atoms with Crippen molar-refractivity contribution >= 4 is 0 Å².